The minimum absolute atomic E-state index is 0.608. The lowest BCUT2D eigenvalue weighted by atomic mass is 9.94. The quantitative estimate of drug-likeness (QED) is 0.719. The molecule has 2 heterocycles. The molecule has 3 aliphatic rings. The molecule has 4 rings (SSSR count). The van der Waals surface area contributed by atoms with Gasteiger partial charge >= 0.3 is 7.40 Å². The Labute approximate surface area is 129 Å². The summed E-state index contributed by atoms with van der Waals surface area (Å²) in [6, 6.07) is 1.94. The van der Waals surface area contributed by atoms with E-state index in [1.807, 2.05) is 12.1 Å². The Hall–Kier alpha value is -1.65. The molecule has 0 spiro atoms. The van der Waals surface area contributed by atoms with Crippen LogP contribution in [0.2, 0.25) is 0 Å². The molecule has 0 saturated heterocycles. The Morgan fingerprint density at radius 1 is 1.05 bits per heavy atom. The number of aliphatic imine (C=N–C) groups is 1. The van der Waals surface area contributed by atoms with Crippen molar-refractivity contribution in [2.24, 2.45) is 4.99 Å². The second kappa shape index (κ2) is 5.52. The van der Waals surface area contributed by atoms with Gasteiger partial charge in [-0.3, -0.25) is 13.6 Å². The molecule has 0 amide bonds. The first kappa shape index (κ1) is 14.0. The monoisotopic (exact) mass is 300 g/mol. The van der Waals surface area contributed by atoms with Crippen LogP contribution in [-0.2, 0) is 12.8 Å². The molecule has 114 valence electrons. The van der Waals surface area contributed by atoms with Crippen molar-refractivity contribution in [3.05, 3.63) is 40.4 Å². The molecule has 2 nitrogen and oxygen atoms in total. The van der Waals surface area contributed by atoms with E-state index in [9.17, 15) is 8.63 Å². The zero-order valence-electron chi connectivity index (χ0n) is 12.6. The topological polar surface area (TPSA) is 17.3 Å². The predicted molar refractivity (Wildman–Crippen MR) is 86.4 cm³/mol. The first-order valence-corrected chi connectivity index (χ1v) is 8.24. The molecule has 5 heteroatoms. The highest BCUT2D eigenvalue weighted by Crippen LogP contribution is 2.31. The van der Waals surface area contributed by atoms with Gasteiger partial charge in [-0.2, -0.15) is 0 Å². The maximum atomic E-state index is 13.5. The van der Waals surface area contributed by atoms with Crippen LogP contribution in [0.4, 0.5) is 8.63 Å². The molecular formula is C17H19BF2N2. The summed E-state index contributed by atoms with van der Waals surface area (Å²) >= 11 is 0. The lowest BCUT2D eigenvalue weighted by Crippen LogP contribution is -2.19. The van der Waals surface area contributed by atoms with Crippen LogP contribution in [0, 0.1) is 0 Å². The molecule has 1 fully saturated rings. The number of fused-ring (bicyclic) bond motifs is 2. The number of allylic oxidation sites excluding steroid dienone is 2. The van der Waals surface area contributed by atoms with E-state index in [2.05, 4.69) is 11.1 Å². The van der Waals surface area contributed by atoms with Crippen molar-refractivity contribution in [3.63, 3.8) is 0 Å². The summed E-state index contributed by atoms with van der Waals surface area (Å²) in [6.45, 7) is 0. The van der Waals surface area contributed by atoms with E-state index >= 15 is 0 Å². The number of hydrogen-bond acceptors (Lipinski definition) is 1. The Morgan fingerprint density at radius 3 is 2.64 bits per heavy atom. The summed E-state index contributed by atoms with van der Waals surface area (Å²) in [5, 5.41) is 0. The summed E-state index contributed by atoms with van der Waals surface area (Å²) in [7, 11) is -2.47. The average Bonchev–Trinajstić information content (AvgIpc) is 3.06. The lowest BCUT2D eigenvalue weighted by molar-refractivity contribution is 0.602. The van der Waals surface area contributed by atoms with E-state index in [1.54, 1.807) is 0 Å². The molecule has 0 radical (unpaired) electrons. The van der Waals surface area contributed by atoms with Crippen molar-refractivity contribution in [1.29, 1.82) is 0 Å². The van der Waals surface area contributed by atoms with Crippen LogP contribution < -0.4 is 0 Å². The van der Waals surface area contributed by atoms with Gasteiger partial charge in [0.25, 0.3) is 0 Å². The number of nitrogens with zero attached hydrogens (tertiary/aromatic N) is 2. The largest absolute Gasteiger partial charge is 0.677 e. The van der Waals surface area contributed by atoms with Crippen molar-refractivity contribution in [2.45, 2.75) is 51.4 Å². The van der Waals surface area contributed by atoms with E-state index in [1.165, 1.54) is 22.9 Å². The van der Waals surface area contributed by atoms with Gasteiger partial charge in [-0.15, -0.1) is 0 Å². The standard InChI is InChI=1S/C17H19BF2N2/c19-18(20)22-15(10-13-6-2-4-8-17(13)22)11-14-9-12-5-1-3-7-16(12)21-14/h9-11H,1-8H2/b14-11+. The highest BCUT2D eigenvalue weighted by molar-refractivity contribution is 6.41. The fraction of sp³-hybridized carbons (Fsp3) is 0.471. The van der Waals surface area contributed by atoms with Crippen molar-refractivity contribution in [1.82, 2.24) is 4.48 Å². The Bertz CT molecular complexity index is 674. The Kier molecular flexibility index (Phi) is 3.51. The van der Waals surface area contributed by atoms with Crippen LogP contribution in [0.25, 0.3) is 6.08 Å². The molecule has 22 heavy (non-hydrogen) atoms. The third kappa shape index (κ3) is 2.36. The first-order chi connectivity index (χ1) is 10.7. The maximum Gasteiger partial charge on any atom is 0.677 e. The third-order valence-corrected chi connectivity index (χ3v) is 4.93. The second-order valence-electron chi connectivity index (χ2n) is 6.40. The van der Waals surface area contributed by atoms with Gasteiger partial charge in [0.15, 0.2) is 0 Å². The molecule has 1 saturated carbocycles. The summed E-state index contributed by atoms with van der Waals surface area (Å²) in [5.74, 6) is 0. The minimum Gasteiger partial charge on any atom is -0.329 e. The predicted octanol–water partition coefficient (Wildman–Crippen LogP) is 4.43. The molecule has 0 N–H and O–H groups in total. The minimum atomic E-state index is -2.47. The van der Waals surface area contributed by atoms with Gasteiger partial charge in [-0.25, -0.2) is 0 Å². The number of aryl methyl sites for hydroxylation is 1. The van der Waals surface area contributed by atoms with Gasteiger partial charge in [0.2, 0.25) is 0 Å². The van der Waals surface area contributed by atoms with Crippen molar-refractivity contribution in [2.75, 3.05) is 0 Å². The Morgan fingerprint density at radius 2 is 1.82 bits per heavy atom. The molecule has 1 aliphatic heterocycles. The van der Waals surface area contributed by atoms with Crippen molar-refractivity contribution >= 4 is 19.2 Å². The number of aromatic nitrogens is 1. The molecule has 1 aromatic heterocycles. The van der Waals surface area contributed by atoms with Gasteiger partial charge in [-0.05, 0) is 80.7 Å². The summed E-state index contributed by atoms with van der Waals surface area (Å²) in [5.41, 5.74) is 5.83. The highest BCUT2D eigenvalue weighted by Gasteiger charge is 2.27. The van der Waals surface area contributed by atoms with E-state index in [0.29, 0.717) is 5.69 Å². The van der Waals surface area contributed by atoms with E-state index in [-0.39, 0.29) is 0 Å². The SMILES string of the molecule is FB(F)n1c(/C=C2\C=C3CCCCC3=N2)cc2c1CCCC2. The van der Waals surface area contributed by atoms with Crippen molar-refractivity contribution in [3.8, 4) is 0 Å². The first-order valence-electron chi connectivity index (χ1n) is 8.24. The Balaban J connectivity index is 1.74. The fourth-order valence-electron chi connectivity index (χ4n) is 3.88. The van der Waals surface area contributed by atoms with Gasteiger partial charge in [0.05, 0.1) is 5.70 Å². The normalized spacial score (nSPS) is 22.2. The number of halogens is 2. The van der Waals surface area contributed by atoms with Crippen LogP contribution in [0.3, 0.4) is 0 Å². The highest BCUT2D eigenvalue weighted by atomic mass is 19.2. The molecule has 0 bridgehead atoms. The smallest absolute Gasteiger partial charge is 0.329 e. The van der Waals surface area contributed by atoms with Gasteiger partial charge < -0.3 is 4.48 Å². The van der Waals surface area contributed by atoms with Crippen LogP contribution in [0.15, 0.2) is 28.4 Å². The van der Waals surface area contributed by atoms with Crippen LogP contribution >= 0.6 is 0 Å². The second-order valence-corrected chi connectivity index (χ2v) is 6.40. The van der Waals surface area contributed by atoms with E-state index in [4.69, 9.17) is 0 Å². The van der Waals surface area contributed by atoms with Crippen molar-refractivity contribution < 1.29 is 8.63 Å². The van der Waals surface area contributed by atoms with Crippen LogP contribution in [0.1, 0.15) is 55.5 Å². The number of rotatable bonds is 2. The zero-order valence-corrected chi connectivity index (χ0v) is 12.6. The van der Waals surface area contributed by atoms with Gasteiger partial charge in [-0.1, -0.05) is 0 Å². The molecule has 0 unspecified atom stereocenters. The summed E-state index contributed by atoms with van der Waals surface area (Å²) in [6.07, 6.45) is 12.2. The lowest BCUT2D eigenvalue weighted by Gasteiger charge is -2.14. The van der Waals surface area contributed by atoms with Crippen LogP contribution in [0.5, 0.6) is 0 Å². The molecule has 1 aromatic rings. The molecule has 2 aliphatic carbocycles. The van der Waals surface area contributed by atoms with E-state index in [0.717, 1.165) is 61.2 Å². The number of hydrogen-bond donors (Lipinski definition) is 0. The maximum absolute atomic E-state index is 13.5. The fourth-order valence-corrected chi connectivity index (χ4v) is 3.88. The molecular weight excluding hydrogens is 281 g/mol. The van der Waals surface area contributed by atoms with Crippen LogP contribution in [-0.4, -0.2) is 17.6 Å². The average molecular weight is 300 g/mol. The molecule has 0 atom stereocenters. The summed E-state index contributed by atoms with van der Waals surface area (Å²) in [4.78, 5) is 4.64. The van der Waals surface area contributed by atoms with E-state index < -0.39 is 7.40 Å². The molecule has 0 aromatic carbocycles. The third-order valence-electron chi connectivity index (χ3n) is 4.93. The summed E-state index contributed by atoms with van der Waals surface area (Å²) < 4.78 is 28.2. The zero-order chi connectivity index (χ0) is 15.1. The van der Waals surface area contributed by atoms with Gasteiger partial charge in [0.1, 0.15) is 0 Å². The van der Waals surface area contributed by atoms with Gasteiger partial charge in [0, 0.05) is 17.1 Å².